The number of aromatic nitrogens is 3. The number of benzene rings is 2. The quantitative estimate of drug-likeness (QED) is 0.260. The molecule has 0 aliphatic heterocycles. The van der Waals surface area contributed by atoms with Gasteiger partial charge in [0.25, 0.3) is 5.56 Å². The number of hydrogen-bond donors (Lipinski definition) is 3. The first-order chi connectivity index (χ1) is 16.0. The van der Waals surface area contributed by atoms with Crippen LogP contribution in [0.1, 0.15) is 22.4 Å². The van der Waals surface area contributed by atoms with Crippen LogP contribution in [0.5, 0.6) is 5.75 Å². The number of carbonyl (C=O) groups is 1. The van der Waals surface area contributed by atoms with E-state index in [2.05, 4.69) is 26.3 Å². The van der Waals surface area contributed by atoms with E-state index in [1.807, 2.05) is 48.7 Å². The summed E-state index contributed by atoms with van der Waals surface area (Å²) in [5.74, 6) is 1.24. The van der Waals surface area contributed by atoms with Crippen molar-refractivity contribution in [1.29, 1.82) is 0 Å². The molecule has 0 atom stereocenters. The zero-order valence-electron chi connectivity index (χ0n) is 18.6. The van der Waals surface area contributed by atoms with Crippen molar-refractivity contribution in [3.8, 4) is 5.75 Å². The predicted octanol–water partition coefficient (Wildman–Crippen LogP) is 3.76. The highest BCUT2D eigenvalue weighted by Gasteiger charge is 2.13. The second-order valence-electron chi connectivity index (χ2n) is 7.71. The highest BCUT2D eigenvalue weighted by Crippen LogP contribution is 2.22. The molecule has 3 N–H and O–H groups in total. The third kappa shape index (κ3) is 5.64. The van der Waals surface area contributed by atoms with E-state index in [1.54, 1.807) is 14.0 Å². The van der Waals surface area contributed by atoms with Crippen LogP contribution in [0, 0.1) is 6.92 Å². The number of aryl methyl sites for hydroxylation is 1. The van der Waals surface area contributed by atoms with Gasteiger partial charge in [-0.3, -0.25) is 9.59 Å². The largest absolute Gasteiger partial charge is 0.497 e. The van der Waals surface area contributed by atoms with E-state index in [4.69, 9.17) is 4.74 Å². The normalized spacial score (nSPS) is 11.0. The number of fused-ring (bicyclic) bond motifs is 1. The first-order valence-corrected chi connectivity index (χ1v) is 11.7. The number of nitrogens with zero attached hydrogens (tertiary/aromatic N) is 1. The number of methoxy groups -OCH3 is 1. The summed E-state index contributed by atoms with van der Waals surface area (Å²) in [4.78, 5) is 35.6. The molecule has 0 radical (unpaired) electrons. The number of aromatic amines is 2. The van der Waals surface area contributed by atoms with Crippen LogP contribution >= 0.6 is 11.8 Å². The molecule has 8 heteroatoms. The van der Waals surface area contributed by atoms with Gasteiger partial charge in [0.1, 0.15) is 5.75 Å². The van der Waals surface area contributed by atoms with E-state index < -0.39 is 0 Å². The lowest BCUT2D eigenvalue weighted by molar-refractivity contribution is -0.120. The number of thioether (sulfide) groups is 1. The van der Waals surface area contributed by atoms with Crippen molar-refractivity contribution in [2.45, 2.75) is 30.7 Å². The fourth-order valence-electron chi connectivity index (χ4n) is 3.67. The lowest BCUT2D eigenvalue weighted by atomic mass is 10.1. The van der Waals surface area contributed by atoms with E-state index in [1.165, 1.54) is 11.8 Å². The number of rotatable bonds is 9. The van der Waals surface area contributed by atoms with Crippen LogP contribution in [-0.4, -0.2) is 34.5 Å². The molecule has 0 fully saturated rings. The minimum Gasteiger partial charge on any atom is -0.497 e. The van der Waals surface area contributed by atoms with E-state index in [0.29, 0.717) is 35.1 Å². The molecule has 0 saturated heterocycles. The third-order valence-corrected chi connectivity index (χ3v) is 6.38. The zero-order valence-corrected chi connectivity index (χ0v) is 19.4. The van der Waals surface area contributed by atoms with Gasteiger partial charge in [0.2, 0.25) is 5.91 Å². The summed E-state index contributed by atoms with van der Waals surface area (Å²) in [6.45, 7) is 2.26. The van der Waals surface area contributed by atoms with Gasteiger partial charge in [-0.25, -0.2) is 4.98 Å². The van der Waals surface area contributed by atoms with Crippen molar-refractivity contribution in [2.24, 2.45) is 0 Å². The van der Waals surface area contributed by atoms with Crippen LogP contribution in [0.4, 0.5) is 0 Å². The molecular weight excluding hydrogens is 436 g/mol. The lowest BCUT2D eigenvalue weighted by Gasteiger charge is -2.09. The molecule has 0 saturated carbocycles. The second kappa shape index (κ2) is 10.4. The standard InChI is InChI=1S/C25H26N4O3S/c1-16-21(13-23(30)26-11-10-18-14-27-22-9-4-3-8-20(18)22)24(31)29-25(28-16)33-15-17-6-5-7-19(12-17)32-2/h3-9,12,14,27H,10-11,13,15H2,1-2H3,(H,26,30)(H,28,29,31). The van der Waals surface area contributed by atoms with Crippen molar-refractivity contribution in [3.63, 3.8) is 0 Å². The molecular formula is C25H26N4O3S. The van der Waals surface area contributed by atoms with Crippen LogP contribution in [0.15, 0.2) is 64.7 Å². The van der Waals surface area contributed by atoms with Crippen molar-refractivity contribution in [1.82, 2.24) is 20.3 Å². The first kappa shape index (κ1) is 22.7. The number of para-hydroxylation sites is 1. The first-order valence-electron chi connectivity index (χ1n) is 10.7. The number of ether oxygens (including phenoxy) is 1. The second-order valence-corrected chi connectivity index (χ2v) is 8.68. The Kier molecular flexibility index (Phi) is 7.14. The molecule has 4 rings (SSSR count). The van der Waals surface area contributed by atoms with E-state index in [-0.39, 0.29) is 17.9 Å². The van der Waals surface area contributed by atoms with Crippen molar-refractivity contribution >= 4 is 28.6 Å². The molecule has 0 bridgehead atoms. The molecule has 33 heavy (non-hydrogen) atoms. The highest BCUT2D eigenvalue weighted by atomic mass is 32.2. The predicted molar refractivity (Wildman–Crippen MR) is 131 cm³/mol. The van der Waals surface area contributed by atoms with Gasteiger partial charge < -0.3 is 20.0 Å². The van der Waals surface area contributed by atoms with Gasteiger partial charge in [0, 0.05) is 40.7 Å². The van der Waals surface area contributed by atoms with Crippen LogP contribution in [0.25, 0.3) is 10.9 Å². The molecule has 2 aromatic carbocycles. The van der Waals surface area contributed by atoms with Gasteiger partial charge >= 0.3 is 0 Å². The van der Waals surface area contributed by atoms with Crippen LogP contribution in [-0.2, 0) is 23.4 Å². The molecule has 1 amide bonds. The molecule has 2 aromatic heterocycles. The monoisotopic (exact) mass is 462 g/mol. The van der Waals surface area contributed by atoms with Gasteiger partial charge in [-0.1, -0.05) is 42.1 Å². The minimum absolute atomic E-state index is 0.00286. The highest BCUT2D eigenvalue weighted by molar-refractivity contribution is 7.98. The number of carbonyl (C=O) groups excluding carboxylic acids is 1. The van der Waals surface area contributed by atoms with E-state index in [9.17, 15) is 9.59 Å². The zero-order chi connectivity index (χ0) is 23.2. The molecule has 4 aromatic rings. The Morgan fingerprint density at radius 2 is 2.03 bits per heavy atom. The molecule has 170 valence electrons. The fraction of sp³-hybridized carbons (Fsp3) is 0.240. The van der Waals surface area contributed by atoms with Crippen LogP contribution in [0.3, 0.4) is 0 Å². The van der Waals surface area contributed by atoms with Gasteiger partial charge in [-0.2, -0.15) is 0 Å². The maximum atomic E-state index is 12.6. The minimum atomic E-state index is -0.276. The van der Waals surface area contributed by atoms with Crippen LogP contribution < -0.4 is 15.6 Å². The smallest absolute Gasteiger partial charge is 0.255 e. The van der Waals surface area contributed by atoms with Crippen molar-refractivity contribution in [3.05, 3.63) is 87.5 Å². The summed E-state index contributed by atoms with van der Waals surface area (Å²) in [6.07, 6.45) is 2.68. The maximum Gasteiger partial charge on any atom is 0.255 e. The Morgan fingerprint density at radius 1 is 1.18 bits per heavy atom. The maximum absolute atomic E-state index is 12.6. The van der Waals surface area contributed by atoms with Crippen molar-refractivity contribution in [2.75, 3.05) is 13.7 Å². The third-order valence-electron chi connectivity index (χ3n) is 5.44. The fourth-order valence-corrected chi connectivity index (χ4v) is 4.52. The Morgan fingerprint density at radius 3 is 2.85 bits per heavy atom. The van der Waals surface area contributed by atoms with Crippen molar-refractivity contribution < 1.29 is 9.53 Å². The number of hydrogen-bond acceptors (Lipinski definition) is 5. The SMILES string of the molecule is COc1cccc(CSc2nc(C)c(CC(=O)NCCc3c[nH]c4ccccc34)c(=O)[nH]2)c1. The van der Waals surface area contributed by atoms with E-state index >= 15 is 0 Å². The Labute approximate surface area is 196 Å². The Hall–Kier alpha value is -3.52. The van der Waals surface area contributed by atoms with Crippen LogP contribution in [0.2, 0.25) is 0 Å². The molecule has 0 unspecified atom stereocenters. The molecule has 7 nitrogen and oxygen atoms in total. The summed E-state index contributed by atoms with van der Waals surface area (Å²) in [5.41, 5.74) is 3.99. The van der Waals surface area contributed by atoms with Gasteiger partial charge in [-0.15, -0.1) is 0 Å². The average Bonchev–Trinajstić information content (AvgIpc) is 3.23. The van der Waals surface area contributed by atoms with Gasteiger partial charge in [0.05, 0.1) is 13.5 Å². The number of amides is 1. The average molecular weight is 463 g/mol. The Balaban J connectivity index is 1.32. The summed E-state index contributed by atoms with van der Waals surface area (Å²) >= 11 is 1.44. The molecule has 0 spiro atoms. The topological polar surface area (TPSA) is 99.9 Å². The number of H-pyrrole nitrogens is 2. The summed E-state index contributed by atoms with van der Waals surface area (Å²) in [7, 11) is 1.63. The molecule has 0 aliphatic rings. The number of nitrogens with one attached hydrogen (secondary N) is 3. The summed E-state index contributed by atoms with van der Waals surface area (Å²) < 4.78 is 5.24. The van der Waals surface area contributed by atoms with Gasteiger partial charge in [0.15, 0.2) is 5.16 Å². The summed E-state index contributed by atoms with van der Waals surface area (Å²) in [6, 6.07) is 15.8. The molecule has 2 heterocycles. The Bertz CT molecular complexity index is 1330. The lowest BCUT2D eigenvalue weighted by Crippen LogP contribution is -2.30. The molecule has 0 aliphatic carbocycles. The van der Waals surface area contributed by atoms with E-state index in [0.717, 1.165) is 27.8 Å². The summed E-state index contributed by atoms with van der Waals surface area (Å²) in [5, 5.41) is 4.60. The van der Waals surface area contributed by atoms with Gasteiger partial charge in [-0.05, 0) is 42.7 Å².